The van der Waals surface area contributed by atoms with Gasteiger partial charge in [0.15, 0.2) is 5.78 Å². The van der Waals surface area contributed by atoms with Crippen molar-refractivity contribution in [3.05, 3.63) is 86.9 Å². The minimum atomic E-state index is -0.279. The second kappa shape index (κ2) is 33.1. The number of anilines is 1. The summed E-state index contributed by atoms with van der Waals surface area (Å²) in [5.41, 5.74) is 4.97. The summed E-state index contributed by atoms with van der Waals surface area (Å²) in [4.78, 5) is 40.0. The molecule has 1 amide bonds. The molecular weight excluding hydrogens is 697 g/mol. The molecule has 0 saturated carbocycles. The average Bonchev–Trinajstić information content (AvgIpc) is 3.10. The maximum absolute atomic E-state index is 11.1. The van der Waals surface area contributed by atoms with Crippen molar-refractivity contribution in [2.45, 2.75) is 136 Å². The van der Waals surface area contributed by atoms with Gasteiger partial charge >= 0.3 is 0 Å². The van der Waals surface area contributed by atoms with Crippen LogP contribution in [-0.4, -0.2) is 37.7 Å². The largest absolute Gasteiger partial charge is 0.506 e. The topological polar surface area (TPSA) is 129 Å². The van der Waals surface area contributed by atoms with Crippen molar-refractivity contribution in [2.75, 3.05) is 5.32 Å². The van der Waals surface area contributed by atoms with Crippen molar-refractivity contribution >= 4 is 46.4 Å². The first-order valence-electron chi connectivity index (χ1n) is 18.0. The number of hydrogen-bond donors (Lipinski definition) is 3. The Labute approximate surface area is 325 Å². The van der Waals surface area contributed by atoms with Crippen LogP contribution in [0.3, 0.4) is 0 Å². The molecule has 52 heavy (non-hydrogen) atoms. The predicted molar refractivity (Wildman–Crippen MR) is 223 cm³/mol. The van der Waals surface area contributed by atoms with Gasteiger partial charge in [0, 0.05) is 29.2 Å². The van der Waals surface area contributed by atoms with Gasteiger partial charge in [-0.2, -0.15) is 0 Å². The number of phenolic OH excluding ortho intramolecular Hbond substituents is 2. The molecule has 0 aliphatic carbocycles. The van der Waals surface area contributed by atoms with Crippen LogP contribution in [0.1, 0.15) is 140 Å². The molecule has 8 nitrogen and oxygen atoms in total. The number of aromatic hydroxyl groups is 2. The molecule has 0 radical (unpaired) electrons. The average molecular weight is 765 g/mol. The fraction of sp³-hybridized carbons (Fsp3) is 0.500. The Kier molecular flexibility index (Phi) is 35.0. The van der Waals surface area contributed by atoms with E-state index in [1.165, 1.54) is 58.1 Å². The molecule has 0 atom stereocenters. The summed E-state index contributed by atoms with van der Waals surface area (Å²) >= 11 is 11.2. The van der Waals surface area contributed by atoms with Crippen molar-refractivity contribution in [3.8, 4) is 11.5 Å². The number of hydrogen-bond acceptors (Lipinski definition) is 7. The quantitative estimate of drug-likeness (QED) is 0.154. The van der Waals surface area contributed by atoms with E-state index in [4.69, 9.17) is 33.4 Å². The molecule has 0 saturated heterocycles. The lowest BCUT2D eigenvalue weighted by Gasteiger charge is -2.07. The summed E-state index contributed by atoms with van der Waals surface area (Å²) in [6.45, 7) is 32.3. The van der Waals surface area contributed by atoms with Crippen molar-refractivity contribution in [1.29, 1.82) is 0 Å². The number of nitrogens with one attached hydrogen (secondary N) is 1. The predicted octanol–water partition coefficient (Wildman–Crippen LogP) is 12.6. The van der Waals surface area contributed by atoms with Crippen LogP contribution >= 0.6 is 23.2 Å². The number of carbonyl (C=O) groups excluding carboxylic acids is 3. The molecule has 0 fully saturated rings. The normalized spacial score (nSPS) is 9.12. The third-order valence-corrected chi connectivity index (χ3v) is 7.57. The molecule has 10 heteroatoms. The van der Waals surface area contributed by atoms with E-state index < -0.39 is 0 Å². The van der Waals surface area contributed by atoms with Crippen molar-refractivity contribution in [1.82, 2.24) is 9.97 Å². The van der Waals surface area contributed by atoms with E-state index in [-0.39, 0.29) is 39.0 Å². The Morgan fingerprint density at radius 1 is 0.865 bits per heavy atom. The van der Waals surface area contributed by atoms with Gasteiger partial charge in [-0.25, -0.2) is 9.97 Å². The maximum Gasteiger partial charge on any atom is 0.247 e. The molecular formula is C42H67Cl2N3O5. The maximum atomic E-state index is 11.1. The first-order chi connectivity index (χ1) is 24.4. The summed E-state index contributed by atoms with van der Waals surface area (Å²) in [5, 5.41) is 21.1. The minimum Gasteiger partial charge on any atom is -0.506 e. The zero-order valence-electron chi connectivity index (χ0n) is 34.6. The monoisotopic (exact) mass is 763 g/mol. The number of benzene rings is 2. The summed E-state index contributed by atoms with van der Waals surface area (Å²) < 4.78 is 0. The number of aryl methyl sites for hydroxylation is 4. The van der Waals surface area contributed by atoms with Crippen LogP contribution in [0.15, 0.2) is 43.1 Å². The molecule has 3 N–H and O–H groups in total. The molecule has 1 aromatic heterocycles. The first kappa shape index (κ1) is 55.0. The van der Waals surface area contributed by atoms with Crippen molar-refractivity contribution in [2.24, 2.45) is 5.92 Å². The van der Waals surface area contributed by atoms with E-state index in [1.807, 2.05) is 54.7 Å². The number of amides is 1. The zero-order chi connectivity index (χ0) is 41.6. The Morgan fingerprint density at radius 2 is 1.33 bits per heavy atom. The zero-order valence-corrected chi connectivity index (χ0v) is 36.1. The van der Waals surface area contributed by atoms with E-state index in [9.17, 15) is 14.4 Å². The Bertz CT molecular complexity index is 1440. The standard InChI is InChI=1S/C12H13NO2.C8H12N2.C8H18.C7H6Cl2O2.C3H6O.2C2H6/c1-4-12(15)13-11-7-10(9(3)14)6-5-8(11)2;1-4-8-5-9-7(3)10-6(8)2;1-4-6-8(3)7-5-2;1-3-6(8)4(10)2-5(11)7(3)9;1-3(2)4;2*1-2/h4-7H,1H2,2-3H3,(H,13,15);5H,4H2,1-3H3;8H,4-7H2,1-3H3;2,10-11H,1H3;1-2H3;2*1-2H3. The van der Waals surface area contributed by atoms with Gasteiger partial charge in [-0.3, -0.25) is 9.59 Å². The summed E-state index contributed by atoms with van der Waals surface area (Å²) in [7, 11) is 0. The van der Waals surface area contributed by atoms with E-state index in [0.717, 1.165) is 35.5 Å². The number of ketones is 2. The van der Waals surface area contributed by atoms with Crippen molar-refractivity contribution in [3.63, 3.8) is 0 Å². The van der Waals surface area contributed by atoms with Crippen LogP contribution in [0.5, 0.6) is 11.5 Å². The lowest BCUT2D eigenvalue weighted by molar-refractivity contribution is -0.115. The highest BCUT2D eigenvalue weighted by atomic mass is 35.5. The van der Waals surface area contributed by atoms with E-state index >= 15 is 0 Å². The molecule has 0 aliphatic rings. The Morgan fingerprint density at radius 3 is 1.69 bits per heavy atom. The fourth-order valence-corrected chi connectivity index (χ4v) is 4.33. The van der Waals surface area contributed by atoms with Crippen LogP contribution in [0.25, 0.3) is 0 Å². The Balaban J connectivity index is -0.000000282. The Hall–Kier alpha value is -3.75. The van der Waals surface area contributed by atoms with Gasteiger partial charge in [0.1, 0.15) is 23.1 Å². The number of rotatable bonds is 8. The highest BCUT2D eigenvalue weighted by Crippen LogP contribution is 2.38. The molecule has 1 heterocycles. The van der Waals surface area contributed by atoms with Gasteiger partial charge in [0.05, 0.1) is 10.0 Å². The highest BCUT2D eigenvalue weighted by molar-refractivity contribution is 6.37. The van der Waals surface area contributed by atoms with Crippen molar-refractivity contribution < 1.29 is 24.6 Å². The van der Waals surface area contributed by atoms with Crippen LogP contribution in [-0.2, 0) is 16.0 Å². The smallest absolute Gasteiger partial charge is 0.247 e. The van der Waals surface area contributed by atoms with Crippen LogP contribution in [0, 0.1) is 33.6 Å². The van der Waals surface area contributed by atoms with Gasteiger partial charge < -0.3 is 20.3 Å². The number of nitrogens with zero attached hydrogens (tertiary/aromatic N) is 2. The van der Waals surface area contributed by atoms with Gasteiger partial charge in [-0.15, -0.1) is 0 Å². The molecule has 2 aromatic carbocycles. The number of halogens is 2. The molecule has 0 unspecified atom stereocenters. The molecule has 0 spiro atoms. The van der Waals surface area contributed by atoms with E-state index in [0.29, 0.717) is 16.8 Å². The lowest BCUT2D eigenvalue weighted by Crippen LogP contribution is -2.09. The van der Waals surface area contributed by atoms with Gasteiger partial charge in [0.2, 0.25) is 5.91 Å². The fourth-order valence-electron chi connectivity index (χ4n) is 3.98. The third kappa shape index (κ3) is 26.1. The first-order valence-corrected chi connectivity index (χ1v) is 18.8. The number of aromatic nitrogens is 2. The van der Waals surface area contributed by atoms with Gasteiger partial charge in [-0.1, -0.05) is 123 Å². The molecule has 3 rings (SSSR count). The highest BCUT2D eigenvalue weighted by Gasteiger charge is 2.10. The summed E-state index contributed by atoms with van der Waals surface area (Å²) in [6, 6.07) is 6.31. The van der Waals surface area contributed by atoms with E-state index in [2.05, 4.69) is 49.6 Å². The van der Waals surface area contributed by atoms with Crippen LogP contribution in [0.4, 0.5) is 5.69 Å². The lowest BCUT2D eigenvalue weighted by atomic mass is 10.0. The number of phenols is 2. The molecule has 294 valence electrons. The second-order valence-electron chi connectivity index (χ2n) is 11.4. The van der Waals surface area contributed by atoms with Crippen LogP contribution < -0.4 is 5.32 Å². The SMILES string of the molecule is C=CC(=O)Nc1cc(C(C)=O)ccc1C.CC.CC.CC(C)=O.CCCC(C)CCC.CCc1cnc(C)nc1C.Cc1c(Cl)c(O)cc(O)c1Cl. The molecule has 0 aliphatic heterocycles. The van der Waals surface area contributed by atoms with Gasteiger partial charge in [0.25, 0.3) is 0 Å². The second-order valence-corrected chi connectivity index (χ2v) is 12.2. The summed E-state index contributed by atoms with van der Waals surface area (Å²) in [5.74, 6) is 1.36. The minimum absolute atomic E-state index is 0.0240. The third-order valence-electron chi connectivity index (χ3n) is 6.61. The molecule has 3 aromatic rings. The van der Waals surface area contributed by atoms with E-state index in [1.54, 1.807) is 25.1 Å². The molecule has 0 bridgehead atoms. The van der Waals surface area contributed by atoms with Gasteiger partial charge in [-0.05, 0) is 89.6 Å². The van der Waals surface area contributed by atoms with Crippen LogP contribution in [0.2, 0.25) is 10.0 Å². The summed E-state index contributed by atoms with van der Waals surface area (Å²) in [6.07, 6.45) is 9.63. The number of carbonyl (C=O) groups is 3. The number of Topliss-reactive ketones (excluding diaryl/α,β-unsaturated/α-hetero) is 2.